The standard InChI is InChI=1S/C23H29N3O6S/c1-4-32-20-7-5-16(14-21(20)30-2)19(25-9-11-31-12-10-25)15-24-23(27)17-6-8-22(33-3)18(13-17)26(28)29/h5-8,13-14,19H,4,9-12,15H2,1-3H3,(H,24,27). The first-order valence-electron chi connectivity index (χ1n) is 10.7. The molecule has 0 aromatic heterocycles. The van der Waals surface area contributed by atoms with Gasteiger partial charge >= 0.3 is 0 Å². The van der Waals surface area contributed by atoms with Gasteiger partial charge in [-0.25, -0.2) is 0 Å². The summed E-state index contributed by atoms with van der Waals surface area (Å²) in [6.07, 6.45) is 1.76. The van der Waals surface area contributed by atoms with Crippen molar-refractivity contribution in [1.82, 2.24) is 10.2 Å². The summed E-state index contributed by atoms with van der Waals surface area (Å²) < 4.78 is 16.6. The van der Waals surface area contributed by atoms with Crippen molar-refractivity contribution in [2.24, 2.45) is 0 Å². The molecule has 178 valence electrons. The molecule has 1 aliphatic rings. The second kappa shape index (κ2) is 11.9. The number of ether oxygens (including phenoxy) is 3. The van der Waals surface area contributed by atoms with Crippen LogP contribution in [0.5, 0.6) is 11.5 Å². The number of nitro groups is 1. The molecule has 1 atom stereocenters. The fourth-order valence-corrected chi connectivity index (χ4v) is 4.33. The van der Waals surface area contributed by atoms with E-state index in [0.717, 1.165) is 18.7 Å². The number of nitrogens with one attached hydrogen (secondary N) is 1. The molecule has 10 heteroatoms. The van der Waals surface area contributed by atoms with Gasteiger partial charge in [-0.1, -0.05) is 6.07 Å². The van der Waals surface area contributed by atoms with E-state index in [9.17, 15) is 14.9 Å². The van der Waals surface area contributed by atoms with Crippen LogP contribution in [0.4, 0.5) is 5.69 Å². The minimum absolute atomic E-state index is 0.0730. The lowest BCUT2D eigenvalue weighted by molar-refractivity contribution is -0.387. The van der Waals surface area contributed by atoms with Crippen LogP contribution in [0.25, 0.3) is 0 Å². The average molecular weight is 476 g/mol. The average Bonchev–Trinajstić information content (AvgIpc) is 2.85. The van der Waals surface area contributed by atoms with Crippen LogP contribution >= 0.6 is 11.8 Å². The molecule has 1 saturated heterocycles. The first kappa shape index (κ1) is 24.8. The summed E-state index contributed by atoms with van der Waals surface area (Å²) in [4.78, 5) is 26.5. The van der Waals surface area contributed by atoms with E-state index in [-0.39, 0.29) is 23.2 Å². The zero-order valence-corrected chi connectivity index (χ0v) is 19.9. The third-order valence-corrected chi connectivity index (χ3v) is 6.24. The maximum absolute atomic E-state index is 12.9. The number of nitrogens with zero attached hydrogens (tertiary/aromatic N) is 2. The lowest BCUT2D eigenvalue weighted by atomic mass is 10.0. The Hall–Kier alpha value is -2.82. The van der Waals surface area contributed by atoms with Gasteiger partial charge < -0.3 is 19.5 Å². The molecule has 1 N–H and O–H groups in total. The maximum Gasteiger partial charge on any atom is 0.283 e. The fraction of sp³-hybridized carbons (Fsp3) is 0.435. The van der Waals surface area contributed by atoms with Crippen LogP contribution in [0.2, 0.25) is 0 Å². The SMILES string of the molecule is CCOc1ccc(C(CNC(=O)c2ccc(SC)c([N+](=O)[O-])c2)N2CCOCC2)cc1OC. The molecule has 0 bridgehead atoms. The Balaban J connectivity index is 1.82. The summed E-state index contributed by atoms with van der Waals surface area (Å²) in [6, 6.07) is 10.2. The smallest absolute Gasteiger partial charge is 0.283 e. The van der Waals surface area contributed by atoms with Gasteiger partial charge in [-0.05, 0) is 43.0 Å². The highest BCUT2D eigenvalue weighted by atomic mass is 32.2. The Morgan fingerprint density at radius 1 is 1.24 bits per heavy atom. The van der Waals surface area contributed by atoms with Gasteiger partial charge in [-0.15, -0.1) is 11.8 Å². The highest BCUT2D eigenvalue weighted by Crippen LogP contribution is 2.33. The Kier molecular flexibility index (Phi) is 8.93. The van der Waals surface area contributed by atoms with E-state index >= 15 is 0 Å². The first-order valence-corrected chi connectivity index (χ1v) is 11.9. The number of nitro benzene ring substituents is 1. The molecule has 1 heterocycles. The zero-order chi connectivity index (χ0) is 23.8. The predicted octanol–water partition coefficient (Wildman–Crippen LogP) is 3.53. The number of methoxy groups -OCH3 is 1. The molecule has 33 heavy (non-hydrogen) atoms. The number of hydrogen-bond acceptors (Lipinski definition) is 8. The second-order valence-electron chi connectivity index (χ2n) is 7.36. The highest BCUT2D eigenvalue weighted by molar-refractivity contribution is 7.98. The van der Waals surface area contributed by atoms with Crippen LogP contribution < -0.4 is 14.8 Å². The fourth-order valence-electron chi connectivity index (χ4n) is 3.78. The Labute approximate surface area is 197 Å². The third-order valence-electron chi connectivity index (χ3n) is 5.45. The van der Waals surface area contributed by atoms with E-state index in [0.29, 0.717) is 42.8 Å². The van der Waals surface area contributed by atoms with E-state index in [2.05, 4.69) is 10.2 Å². The van der Waals surface area contributed by atoms with E-state index in [4.69, 9.17) is 14.2 Å². The lowest BCUT2D eigenvalue weighted by Gasteiger charge is -2.35. The van der Waals surface area contributed by atoms with Crippen LogP contribution in [0.3, 0.4) is 0 Å². The number of hydrogen-bond donors (Lipinski definition) is 1. The predicted molar refractivity (Wildman–Crippen MR) is 127 cm³/mol. The van der Waals surface area contributed by atoms with Crippen molar-refractivity contribution >= 4 is 23.4 Å². The summed E-state index contributed by atoms with van der Waals surface area (Å²) in [7, 11) is 1.60. The largest absolute Gasteiger partial charge is 0.493 e. The first-order chi connectivity index (χ1) is 16.0. The Morgan fingerprint density at radius 3 is 2.64 bits per heavy atom. The van der Waals surface area contributed by atoms with E-state index in [1.807, 2.05) is 25.1 Å². The second-order valence-corrected chi connectivity index (χ2v) is 8.21. The molecule has 0 spiro atoms. The van der Waals surface area contributed by atoms with Crippen molar-refractivity contribution in [3.8, 4) is 11.5 Å². The molecule has 1 fully saturated rings. The molecule has 1 unspecified atom stereocenters. The van der Waals surface area contributed by atoms with Gasteiger partial charge in [-0.2, -0.15) is 0 Å². The number of thioether (sulfide) groups is 1. The molecule has 0 saturated carbocycles. The number of amides is 1. The molecule has 1 aliphatic heterocycles. The van der Waals surface area contributed by atoms with Crippen LogP contribution in [0, 0.1) is 10.1 Å². The summed E-state index contributed by atoms with van der Waals surface area (Å²) >= 11 is 1.27. The molecule has 3 rings (SSSR count). The van der Waals surface area contributed by atoms with Crippen LogP contribution in [0.15, 0.2) is 41.3 Å². The number of carbonyl (C=O) groups is 1. The van der Waals surface area contributed by atoms with Gasteiger partial charge in [0.2, 0.25) is 0 Å². The van der Waals surface area contributed by atoms with E-state index < -0.39 is 4.92 Å². The van der Waals surface area contributed by atoms with Crippen LogP contribution in [-0.4, -0.2) is 68.6 Å². The Bertz CT molecular complexity index is 981. The van der Waals surface area contributed by atoms with Crippen molar-refractivity contribution in [3.05, 3.63) is 57.6 Å². The monoisotopic (exact) mass is 475 g/mol. The van der Waals surface area contributed by atoms with Gasteiger partial charge in [0, 0.05) is 31.3 Å². The van der Waals surface area contributed by atoms with Crippen molar-refractivity contribution in [3.63, 3.8) is 0 Å². The quantitative estimate of drug-likeness (QED) is 0.316. The van der Waals surface area contributed by atoms with E-state index in [1.165, 1.54) is 17.8 Å². The number of morpholine rings is 1. The van der Waals surface area contributed by atoms with Crippen molar-refractivity contribution < 1.29 is 23.9 Å². The molecule has 2 aromatic carbocycles. The minimum atomic E-state index is -0.467. The molecule has 1 amide bonds. The third kappa shape index (κ3) is 6.16. The summed E-state index contributed by atoms with van der Waals surface area (Å²) in [5.74, 6) is 0.929. The molecule has 0 radical (unpaired) electrons. The molecule has 9 nitrogen and oxygen atoms in total. The summed E-state index contributed by atoms with van der Waals surface area (Å²) in [5, 5.41) is 14.3. The van der Waals surface area contributed by atoms with Gasteiger partial charge in [-0.3, -0.25) is 19.8 Å². The number of carbonyl (C=O) groups excluding carboxylic acids is 1. The van der Waals surface area contributed by atoms with Crippen molar-refractivity contribution in [2.45, 2.75) is 17.9 Å². The summed E-state index contributed by atoms with van der Waals surface area (Å²) in [5.41, 5.74) is 1.15. The van der Waals surface area contributed by atoms with Crippen LogP contribution in [0.1, 0.15) is 28.9 Å². The van der Waals surface area contributed by atoms with Crippen LogP contribution in [-0.2, 0) is 4.74 Å². The lowest BCUT2D eigenvalue weighted by Crippen LogP contribution is -2.43. The van der Waals surface area contributed by atoms with Gasteiger partial charge in [0.25, 0.3) is 11.6 Å². The van der Waals surface area contributed by atoms with E-state index in [1.54, 1.807) is 25.5 Å². The molecule has 2 aromatic rings. The van der Waals surface area contributed by atoms with Crippen molar-refractivity contribution in [1.29, 1.82) is 0 Å². The topological polar surface area (TPSA) is 103 Å². The normalized spacial score (nSPS) is 15.0. The summed E-state index contributed by atoms with van der Waals surface area (Å²) in [6.45, 7) is 5.44. The number of rotatable bonds is 10. The van der Waals surface area contributed by atoms with Crippen molar-refractivity contribution in [2.75, 3.05) is 52.8 Å². The maximum atomic E-state index is 12.9. The Morgan fingerprint density at radius 2 is 2.00 bits per heavy atom. The van der Waals surface area contributed by atoms with Gasteiger partial charge in [0.15, 0.2) is 11.5 Å². The van der Waals surface area contributed by atoms with Gasteiger partial charge in [0.1, 0.15) is 0 Å². The minimum Gasteiger partial charge on any atom is -0.493 e. The molecular weight excluding hydrogens is 446 g/mol. The zero-order valence-electron chi connectivity index (χ0n) is 19.0. The molecular formula is C23H29N3O6S. The highest BCUT2D eigenvalue weighted by Gasteiger charge is 2.25. The number of benzene rings is 2. The molecule has 0 aliphatic carbocycles. The van der Waals surface area contributed by atoms with Gasteiger partial charge in [0.05, 0.1) is 42.8 Å².